The normalized spacial score (nSPS) is 16.6. The largest absolute Gasteiger partial charge is 0.370 e. The average molecular weight is 285 g/mol. The number of fused-ring (bicyclic) bond motifs is 1. The maximum absolute atomic E-state index is 6.08. The molecule has 0 atom stereocenters. The van der Waals surface area contributed by atoms with E-state index in [1.165, 1.54) is 16.3 Å². The van der Waals surface area contributed by atoms with Crippen LogP contribution in [0, 0.1) is 0 Å². The van der Waals surface area contributed by atoms with Crippen molar-refractivity contribution in [2.75, 3.05) is 24.6 Å². The van der Waals surface area contributed by atoms with Crippen molar-refractivity contribution in [1.82, 2.24) is 4.90 Å². The van der Waals surface area contributed by atoms with Gasteiger partial charge in [0.1, 0.15) is 0 Å². The minimum atomic E-state index is 0.653. The fourth-order valence-corrected chi connectivity index (χ4v) is 3.30. The highest BCUT2D eigenvalue weighted by Gasteiger charge is 2.11. The van der Waals surface area contributed by atoms with E-state index in [4.69, 9.17) is 5.73 Å². The average Bonchev–Trinajstić information content (AvgIpc) is 2.53. The molecule has 0 aromatic heterocycles. The molecule has 1 heterocycles. The van der Waals surface area contributed by atoms with Gasteiger partial charge in [0.25, 0.3) is 0 Å². The number of rotatable bonds is 2. The van der Waals surface area contributed by atoms with Crippen molar-refractivity contribution in [3.8, 4) is 0 Å². The Balaban J connectivity index is 1.72. The van der Waals surface area contributed by atoms with Crippen molar-refractivity contribution in [3.05, 3.63) is 48.0 Å². The maximum Gasteiger partial charge on any atom is 0.191 e. The van der Waals surface area contributed by atoms with Gasteiger partial charge in [0.05, 0.1) is 6.54 Å². The van der Waals surface area contributed by atoms with Crippen molar-refractivity contribution in [1.29, 1.82) is 0 Å². The summed E-state index contributed by atoms with van der Waals surface area (Å²) in [4.78, 5) is 6.71. The Kier molecular flexibility index (Phi) is 4.11. The summed E-state index contributed by atoms with van der Waals surface area (Å²) in [6.45, 7) is 2.68. The zero-order valence-electron chi connectivity index (χ0n) is 11.5. The van der Waals surface area contributed by atoms with Crippen LogP contribution in [0.25, 0.3) is 10.8 Å². The number of hydrogen-bond acceptors (Lipinski definition) is 2. The van der Waals surface area contributed by atoms with Crippen LogP contribution in [0.3, 0.4) is 0 Å². The monoisotopic (exact) mass is 285 g/mol. The fraction of sp³-hybridized carbons (Fsp3) is 0.312. The molecule has 20 heavy (non-hydrogen) atoms. The van der Waals surface area contributed by atoms with Crippen LogP contribution in [0.15, 0.2) is 47.5 Å². The summed E-state index contributed by atoms with van der Waals surface area (Å²) in [5.74, 6) is 2.97. The summed E-state index contributed by atoms with van der Waals surface area (Å²) < 4.78 is 0. The van der Waals surface area contributed by atoms with Crippen molar-refractivity contribution in [2.45, 2.75) is 6.54 Å². The van der Waals surface area contributed by atoms with Gasteiger partial charge in [-0.2, -0.15) is 11.8 Å². The maximum atomic E-state index is 6.08. The van der Waals surface area contributed by atoms with Crippen molar-refractivity contribution in [3.63, 3.8) is 0 Å². The summed E-state index contributed by atoms with van der Waals surface area (Å²) in [5.41, 5.74) is 7.28. The number of thioether (sulfide) groups is 1. The van der Waals surface area contributed by atoms with Crippen LogP contribution in [0.2, 0.25) is 0 Å². The molecule has 1 fully saturated rings. The van der Waals surface area contributed by atoms with Crippen molar-refractivity contribution < 1.29 is 0 Å². The zero-order chi connectivity index (χ0) is 13.8. The first-order valence-corrected chi connectivity index (χ1v) is 8.09. The van der Waals surface area contributed by atoms with E-state index >= 15 is 0 Å². The Bertz CT molecular complexity index is 618. The molecular formula is C16H19N3S. The van der Waals surface area contributed by atoms with E-state index < -0.39 is 0 Å². The van der Waals surface area contributed by atoms with Gasteiger partial charge in [-0.3, -0.25) is 0 Å². The number of aliphatic imine (C=N–C) groups is 1. The van der Waals surface area contributed by atoms with Crippen molar-refractivity contribution >= 4 is 28.5 Å². The second-order valence-corrected chi connectivity index (χ2v) is 6.18. The van der Waals surface area contributed by atoms with Crippen LogP contribution < -0.4 is 5.73 Å². The molecule has 2 aromatic carbocycles. The van der Waals surface area contributed by atoms with Gasteiger partial charge in [-0.1, -0.05) is 36.4 Å². The molecule has 2 N–H and O–H groups in total. The molecular weight excluding hydrogens is 266 g/mol. The molecule has 0 unspecified atom stereocenters. The van der Waals surface area contributed by atoms with Crippen LogP contribution in [-0.2, 0) is 6.54 Å². The molecule has 4 heteroatoms. The van der Waals surface area contributed by atoms with Crippen LogP contribution in [0.4, 0.5) is 0 Å². The van der Waals surface area contributed by atoms with E-state index in [1.807, 2.05) is 11.8 Å². The summed E-state index contributed by atoms with van der Waals surface area (Å²) in [5, 5.41) is 2.52. The lowest BCUT2D eigenvalue weighted by Crippen LogP contribution is -2.42. The summed E-state index contributed by atoms with van der Waals surface area (Å²) in [6.07, 6.45) is 0. The van der Waals surface area contributed by atoms with Crippen LogP contribution in [0.5, 0.6) is 0 Å². The Labute approximate surface area is 123 Å². The van der Waals surface area contributed by atoms with E-state index in [-0.39, 0.29) is 0 Å². The quantitative estimate of drug-likeness (QED) is 0.681. The first kappa shape index (κ1) is 13.3. The second kappa shape index (κ2) is 6.18. The first-order chi connectivity index (χ1) is 9.83. The molecule has 0 aliphatic carbocycles. The van der Waals surface area contributed by atoms with Gasteiger partial charge in [-0.05, 0) is 22.4 Å². The lowest BCUT2D eigenvalue weighted by molar-refractivity contribution is 0.455. The Morgan fingerprint density at radius 3 is 2.65 bits per heavy atom. The van der Waals surface area contributed by atoms with Crippen LogP contribution >= 0.6 is 11.8 Å². The molecule has 3 rings (SSSR count). The molecule has 0 amide bonds. The summed E-state index contributed by atoms with van der Waals surface area (Å²) in [6, 6.07) is 14.9. The van der Waals surface area contributed by atoms with Crippen LogP contribution in [-0.4, -0.2) is 35.5 Å². The van der Waals surface area contributed by atoms with Gasteiger partial charge in [-0.25, -0.2) is 4.99 Å². The molecule has 1 aliphatic rings. The number of hydrogen-bond donors (Lipinski definition) is 1. The summed E-state index contributed by atoms with van der Waals surface area (Å²) >= 11 is 1.98. The predicted octanol–water partition coefficient (Wildman–Crippen LogP) is 2.70. The van der Waals surface area contributed by atoms with Crippen LogP contribution in [0.1, 0.15) is 5.56 Å². The number of nitrogens with two attached hydrogens (primary N) is 1. The SMILES string of the molecule is NC(=NCc1ccc2ccccc2c1)N1CCSCC1. The molecule has 104 valence electrons. The predicted molar refractivity (Wildman–Crippen MR) is 88.2 cm³/mol. The highest BCUT2D eigenvalue weighted by Crippen LogP contribution is 2.16. The van der Waals surface area contributed by atoms with Gasteiger partial charge in [-0.15, -0.1) is 0 Å². The number of benzene rings is 2. The molecule has 0 spiro atoms. The standard InChI is InChI=1S/C16H19N3S/c17-16(19-7-9-20-10-8-19)18-12-13-5-6-14-3-1-2-4-15(14)11-13/h1-6,11H,7-10,12H2,(H2,17,18). The lowest BCUT2D eigenvalue weighted by Gasteiger charge is -2.27. The Hall–Kier alpha value is -1.68. The third kappa shape index (κ3) is 3.07. The minimum Gasteiger partial charge on any atom is -0.370 e. The molecule has 2 aromatic rings. The molecule has 3 nitrogen and oxygen atoms in total. The topological polar surface area (TPSA) is 41.6 Å². The van der Waals surface area contributed by atoms with E-state index in [1.54, 1.807) is 0 Å². The van der Waals surface area contributed by atoms with Gasteiger partial charge >= 0.3 is 0 Å². The lowest BCUT2D eigenvalue weighted by atomic mass is 10.1. The third-order valence-electron chi connectivity index (χ3n) is 3.57. The molecule has 1 saturated heterocycles. The minimum absolute atomic E-state index is 0.653. The van der Waals surface area contributed by atoms with Gasteiger partial charge in [0, 0.05) is 24.6 Å². The number of guanidine groups is 1. The van der Waals surface area contributed by atoms with Crippen molar-refractivity contribution in [2.24, 2.45) is 10.7 Å². The van der Waals surface area contributed by atoms with E-state index in [9.17, 15) is 0 Å². The Morgan fingerprint density at radius 2 is 1.85 bits per heavy atom. The highest BCUT2D eigenvalue weighted by molar-refractivity contribution is 7.99. The molecule has 0 radical (unpaired) electrons. The van der Waals surface area contributed by atoms with Gasteiger partial charge < -0.3 is 10.6 Å². The van der Waals surface area contributed by atoms with E-state index in [0.29, 0.717) is 12.5 Å². The fourth-order valence-electron chi connectivity index (χ4n) is 2.40. The highest BCUT2D eigenvalue weighted by atomic mass is 32.2. The molecule has 0 saturated carbocycles. The third-order valence-corrected chi connectivity index (χ3v) is 4.52. The molecule has 1 aliphatic heterocycles. The second-order valence-electron chi connectivity index (χ2n) is 4.96. The zero-order valence-corrected chi connectivity index (χ0v) is 12.3. The number of nitrogens with zero attached hydrogens (tertiary/aromatic N) is 2. The van der Waals surface area contributed by atoms with Gasteiger partial charge in [0.15, 0.2) is 5.96 Å². The van der Waals surface area contributed by atoms with E-state index in [2.05, 4.69) is 52.4 Å². The first-order valence-electron chi connectivity index (χ1n) is 6.93. The molecule has 0 bridgehead atoms. The smallest absolute Gasteiger partial charge is 0.191 e. The van der Waals surface area contributed by atoms with E-state index in [0.717, 1.165) is 24.6 Å². The summed E-state index contributed by atoms with van der Waals surface area (Å²) in [7, 11) is 0. The Morgan fingerprint density at radius 1 is 1.10 bits per heavy atom. The van der Waals surface area contributed by atoms with Gasteiger partial charge in [0.2, 0.25) is 0 Å².